The van der Waals surface area contributed by atoms with Crippen molar-refractivity contribution in [2.24, 2.45) is 0 Å². The summed E-state index contributed by atoms with van der Waals surface area (Å²) in [5.41, 5.74) is -2.78. The lowest BCUT2D eigenvalue weighted by atomic mass is 10.3. The molecule has 0 aliphatic carbocycles. The second-order valence-corrected chi connectivity index (χ2v) is 3.34. The highest BCUT2D eigenvalue weighted by Crippen LogP contribution is 2.27. The zero-order valence-electron chi connectivity index (χ0n) is 8.73. The molecule has 18 heavy (non-hydrogen) atoms. The van der Waals surface area contributed by atoms with Crippen molar-refractivity contribution in [2.45, 2.75) is 6.18 Å². The number of hydrogen-bond acceptors (Lipinski definition) is 3. The van der Waals surface area contributed by atoms with Gasteiger partial charge in [0, 0.05) is 12.3 Å². The van der Waals surface area contributed by atoms with Crippen molar-refractivity contribution in [2.75, 3.05) is 0 Å². The second kappa shape index (κ2) is 4.13. The van der Waals surface area contributed by atoms with Gasteiger partial charge in [0.25, 0.3) is 5.56 Å². The van der Waals surface area contributed by atoms with Crippen LogP contribution in [0.2, 0.25) is 0 Å². The maximum Gasteiger partial charge on any atom is 0.433 e. The minimum absolute atomic E-state index is 0.378. The van der Waals surface area contributed by atoms with Crippen molar-refractivity contribution >= 4 is 0 Å². The van der Waals surface area contributed by atoms with Gasteiger partial charge < -0.3 is 4.98 Å². The van der Waals surface area contributed by atoms with E-state index >= 15 is 0 Å². The van der Waals surface area contributed by atoms with Gasteiger partial charge in [-0.25, -0.2) is 14.3 Å². The van der Waals surface area contributed by atoms with Gasteiger partial charge in [-0.05, 0) is 12.1 Å². The van der Waals surface area contributed by atoms with Gasteiger partial charge in [0.1, 0.15) is 11.5 Å². The summed E-state index contributed by atoms with van der Waals surface area (Å²) in [6, 6.07) is 3.99. The molecule has 94 valence electrons. The molecule has 0 unspecified atom stereocenters. The Morgan fingerprint density at radius 1 is 1.17 bits per heavy atom. The van der Waals surface area contributed by atoms with Gasteiger partial charge in [-0.2, -0.15) is 13.2 Å². The van der Waals surface area contributed by atoms with E-state index in [9.17, 15) is 22.8 Å². The van der Waals surface area contributed by atoms with Gasteiger partial charge in [0.15, 0.2) is 0 Å². The summed E-state index contributed by atoms with van der Waals surface area (Å²) in [7, 11) is 0. The van der Waals surface area contributed by atoms with Crippen LogP contribution in [0.5, 0.6) is 0 Å². The van der Waals surface area contributed by atoms with Crippen LogP contribution >= 0.6 is 0 Å². The number of pyridine rings is 1. The van der Waals surface area contributed by atoms with Gasteiger partial charge in [0.2, 0.25) is 0 Å². The molecule has 2 aromatic heterocycles. The fraction of sp³-hybridized carbons (Fsp3) is 0.100. The number of alkyl halides is 3. The molecule has 0 aliphatic rings. The van der Waals surface area contributed by atoms with Crippen LogP contribution in [0, 0.1) is 0 Å². The second-order valence-electron chi connectivity index (χ2n) is 3.34. The first-order chi connectivity index (χ1) is 8.39. The quantitative estimate of drug-likeness (QED) is 0.826. The molecule has 8 heteroatoms. The van der Waals surface area contributed by atoms with E-state index in [2.05, 4.69) is 9.97 Å². The number of aromatic amines is 1. The predicted octanol–water partition coefficient (Wildman–Crippen LogP) is 0.940. The van der Waals surface area contributed by atoms with E-state index in [-0.39, 0.29) is 5.82 Å². The third kappa shape index (κ3) is 2.17. The third-order valence-electron chi connectivity index (χ3n) is 2.11. The van der Waals surface area contributed by atoms with Crippen molar-refractivity contribution in [3.05, 3.63) is 57.0 Å². The molecule has 5 nitrogen and oxygen atoms in total. The van der Waals surface area contributed by atoms with E-state index in [1.807, 2.05) is 0 Å². The van der Waals surface area contributed by atoms with Crippen LogP contribution in [0.1, 0.15) is 5.69 Å². The van der Waals surface area contributed by atoms with Crippen molar-refractivity contribution in [1.29, 1.82) is 0 Å². The van der Waals surface area contributed by atoms with Crippen LogP contribution in [-0.4, -0.2) is 14.5 Å². The Bertz CT molecular complexity index is 659. The number of rotatable bonds is 1. The molecule has 0 aromatic carbocycles. The molecule has 0 fully saturated rings. The van der Waals surface area contributed by atoms with Gasteiger partial charge in [-0.15, -0.1) is 0 Å². The molecule has 0 atom stereocenters. The number of hydrogen-bond donors (Lipinski definition) is 1. The van der Waals surface area contributed by atoms with Gasteiger partial charge in [-0.3, -0.25) is 4.79 Å². The highest BCUT2D eigenvalue weighted by molar-refractivity contribution is 5.25. The maximum atomic E-state index is 12.4. The van der Waals surface area contributed by atoms with E-state index in [1.54, 1.807) is 0 Å². The Hall–Kier alpha value is -2.38. The third-order valence-corrected chi connectivity index (χ3v) is 2.11. The lowest BCUT2D eigenvalue weighted by Crippen LogP contribution is -2.33. The first-order valence-electron chi connectivity index (χ1n) is 4.75. The summed E-state index contributed by atoms with van der Waals surface area (Å²) in [6.07, 6.45) is -3.53. The van der Waals surface area contributed by atoms with Gasteiger partial charge in [-0.1, -0.05) is 6.07 Å². The molecule has 0 amide bonds. The van der Waals surface area contributed by atoms with E-state index in [0.717, 1.165) is 30.5 Å². The van der Waals surface area contributed by atoms with Crippen LogP contribution in [-0.2, 0) is 6.18 Å². The Kier molecular flexibility index (Phi) is 2.77. The molecule has 2 rings (SSSR count). The standard InChI is InChI=1S/C10H6F3N3O2/c11-10(12,13)6-2-1-3-7(15-6)16-8(17)4-5-14-9(16)18/h1-5H,(H,14,18). The predicted molar refractivity (Wildman–Crippen MR) is 55.5 cm³/mol. The monoisotopic (exact) mass is 257 g/mol. The Labute approximate surface area is 97.5 Å². The number of aromatic nitrogens is 3. The molecular formula is C10H6F3N3O2. The summed E-state index contributed by atoms with van der Waals surface area (Å²) >= 11 is 0. The van der Waals surface area contributed by atoms with E-state index in [4.69, 9.17) is 0 Å². The number of H-pyrrole nitrogens is 1. The van der Waals surface area contributed by atoms with Gasteiger partial charge >= 0.3 is 11.9 Å². The molecule has 0 saturated carbocycles. The van der Waals surface area contributed by atoms with Crippen molar-refractivity contribution < 1.29 is 13.2 Å². The maximum absolute atomic E-state index is 12.4. The SMILES string of the molecule is O=c1cc[nH]c(=O)n1-c1cccc(C(F)(F)F)n1. The Morgan fingerprint density at radius 2 is 1.89 bits per heavy atom. The largest absolute Gasteiger partial charge is 0.433 e. The molecule has 0 saturated heterocycles. The van der Waals surface area contributed by atoms with E-state index < -0.39 is 23.1 Å². The Balaban J connectivity index is 2.67. The Morgan fingerprint density at radius 3 is 2.50 bits per heavy atom. The highest BCUT2D eigenvalue weighted by Gasteiger charge is 2.32. The zero-order chi connectivity index (χ0) is 13.3. The topological polar surface area (TPSA) is 67.8 Å². The zero-order valence-corrected chi connectivity index (χ0v) is 8.73. The first kappa shape index (κ1) is 12.1. The molecular weight excluding hydrogens is 251 g/mol. The summed E-state index contributed by atoms with van der Waals surface area (Å²) in [5.74, 6) is -0.378. The van der Waals surface area contributed by atoms with Crippen LogP contribution in [0.15, 0.2) is 40.1 Å². The van der Waals surface area contributed by atoms with Gasteiger partial charge in [0.05, 0.1) is 0 Å². The summed E-state index contributed by atoms with van der Waals surface area (Å²) < 4.78 is 37.9. The van der Waals surface area contributed by atoms with Crippen molar-refractivity contribution in [3.63, 3.8) is 0 Å². The number of halogens is 3. The van der Waals surface area contributed by atoms with E-state index in [0.29, 0.717) is 4.57 Å². The van der Waals surface area contributed by atoms with Crippen LogP contribution in [0.3, 0.4) is 0 Å². The van der Waals surface area contributed by atoms with Crippen molar-refractivity contribution in [1.82, 2.24) is 14.5 Å². The minimum Gasteiger partial charge on any atom is -0.314 e. The molecule has 0 bridgehead atoms. The lowest BCUT2D eigenvalue weighted by Gasteiger charge is -2.08. The minimum atomic E-state index is -4.64. The smallest absolute Gasteiger partial charge is 0.314 e. The fourth-order valence-electron chi connectivity index (χ4n) is 1.35. The molecule has 2 aromatic rings. The normalized spacial score (nSPS) is 11.5. The molecule has 0 spiro atoms. The summed E-state index contributed by atoms with van der Waals surface area (Å²) in [4.78, 5) is 28.2. The van der Waals surface area contributed by atoms with Crippen LogP contribution in [0.4, 0.5) is 13.2 Å². The lowest BCUT2D eigenvalue weighted by molar-refractivity contribution is -0.141. The summed E-state index contributed by atoms with van der Waals surface area (Å²) in [5, 5.41) is 0. The summed E-state index contributed by atoms with van der Waals surface area (Å²) in [6.45, 7) is 0. The molecule has 2 heterocycles. The van der Waals surface area contributed by atoms with Crippen molar-refractivity contribution in [3.8, 4) is 5.82 Å². The van der Waals surface area contributed by atoms with Crippen LogP contribution in [0.25, 0.3) is 5.82 Å². The average molecular weight is 257 g/mol. The molecule has 1 N–H and O–H groups in total. The molecule has 0 radical (unpaired) electrons. The van der Waals surface area contributed by atoms with Crippen LogP contribution < -0.4 is 11.2 Å². The number of nitrogens with one attached hydrogen (secondary N) is 1. The highest BCUT2D eigenvalue weighted by atomic mass is 19.4. The molecule has 0 aliphatic heterocycles. The average Bonchev–Trinajstić information content (AvgIpc) is 2.28. The number of nitrogens with zero attached hydrogens (tertiary/aromatic N) is 2. The van der Waals surface area contributed by atoms with E-state index in [1.165, 1.54) is 0 Å². The fourth-order valence-corrected chi connectivity index (χ4v) is 1.35. The first-order valence-corrected chi connectivity index (χ1v) is 4.75.